The number of carbonyl (C=O) groups excluding carboxylic acids is 1. The summed E-state index contributed by atoms with van der Waals surface area (Å²) in [6.45, 7) is 4.46. The second-order valence-electron chi connectivity index (χ2n) is 7.28. The van der Waals surface area contributed by atoms with Crippen LogP contribution in [-0.4, -0.2) is 62.6 Å². The van der Waals surface area contributed by atoms with Gasteiger partial charge in [-0.2, -0.15) is 0 Å². The number of carbonyl (C=O) groups is 1. The quantitative estimate of drug-likeness (QED) is 0.792. The molecule has 4 rings (SSSR count). The van der Waals surface area contributed by atoms with Gasteiger partial charge >= 0.3 is 0 Å². The topological polar surface area (TPSA) is 90.3 Å². The van der Waals surface area contributed by atoms with Gasteiger partial charge < -0.3 is 14.4 Å². The molecule has 2 aliphatic rings. The average molecular weight is 369 g/mol. The lowest BCUT2D eigenvalue weighted by molar-refractivity contribution is -0.166. The van der Waals surface area contributed by atoms with E-state index in [2.05, 4.69) is 19.9 Å². The van der Waals surface area contributed by atoms with Crippen LogP contribution in [0.4, 0.5) is 0 Å². The Labute approximate surface area is 158 Å². The minimum atomic E-state index is -0.218. The third-order valence-electron chi connectivity index (χ3n) is 5.13. The van der Waals surface area contributed by atoms with Crippen LogP contribution in [0.15, 0.2) is 31.0 Å². The highest BCUT2D eigenvalue weighted by Crippen LogP contribution is 2.38. The van der Waals surface area contributed by atoms with E-state index in [1.165, 1.54) is 12.4 Å². The van der Waals surface area contributed by atoms with Crippen molar-refractivity contribution >= 4 is 5.91 Å². The summed E-state index contributed by atoms with van der Waals surface area (Å²) in [6, 6.07) is 0. The molecular weight excluding hydrogens is 346 g/mol. The monoisotopic (exact) mass is 369 g/mol. The van der Waals surface area contributed by atoms with Gasteiger partial charge in [-0.15, -0.1) is 0 Å². The van der Waals surface area contributed by atoms with Crippen molar-refractivity contribution in [3.63, 3.8) is 0 Å². The van der Waals surface area contributed by atoms with E-state index in [9.17, 15) is 4.79 Å². The molecule has 1 spiro atoms. The number of aryl methyl sites for hydroxylation is 1. The van der Waals surface area contributed by atoms with Gasteiger partial charge in [0.25, 0.3) is 5.91 Å². The fourth-order valence-electron chi connectivity index (χ4n) is 3.80. The van der Waals surface area contributed by atoms with Gasteiger partial charge in [-0.05, 0) is 32.1 Å². The summed E-state index contributed by atoms with van der Waals surface area (Å²) in [7, 11) is 0. The predicted octanol–water partition coefficient (Wildman–Crippen LogP) is 1.67. The van der Waals surface area contributed by atoms with Gasteiger partial charge in [-0.3, -0.25) is 14.8 Å². The number of amides is 1. The van der Waals surface area contributed by atoms with Crippen LogP contribution in [0.25, 0.3) is 0 Å². The Balaban J connectivity index is 1.26. The molecule has 2 aromatic rings. The fourth-order valence-corrected chi connectivity index (χ4v) is 3.80. The Morgan fingerprint density at radius 2 is 2.19 bits per heavy atom. The number of rotatable bonds is 5. The van der Waals surface area contributed by atoms with Crippen molar-refractivity contribution in [1.82, 2.24) is 24.8 Å². The van der Waals surface area contributed by atoms with Gasteiger partial charge in [0.05, 0.1) is 37.8 Å². The third kappa shape index (κ3) is 4.05. The lowest BCUT2D eigenvalue weighted by Gasteiger charge is -2.53. The van der Waals surface area contributed by atoms with Crippen molar-refractivity contribution < 1.29 is 14.3 Å². The SMILES string of the molecule is Cc1cncc(OCCC2CCOC3(C2)CN(C(=O)c2cnccn2)C3)n1. The predicted molar refractivity (Wildman–Crippen MR) is 96.2 cm³/mol. The largest absolute Gasteiger partial charge is 0.477 e. The molecule has 1 unspecified atom stereocenters. The molecule has 1 amide bonds. The highest BCUT2D eigenvalue weighted by atomic mass is 16.5. The van der Waals surface area contributed by atoms with E-state index in [1.807, 2.05) is 6.92 Å². The van der Waals surface area contributed by atoms with Crippen molar-refractivity contribution in [2.75, 3.05) is 26.3 Å². The second kappa shape index (κ2) is 7.56. The number of aromatic nitrogens is 4. The standard InChI is InChI=1S/C19H23N5O3/c1-14-9-21-11-17(23-14)26-6-2-15-3-7-27-19(8-15)12-24(13-19)18(25)16-10-20-4-5-22-16/h4-5,9-11,15H,2-3,6-8,12-13H2,1H3. The molecule has 0 N–H and O–H groups in total. The second-order valence-corrected chi connectivity index (χ2v) is 7.28. The van der Waals surface area contributed by atoms with Crippen LogP contribution in [-0.2, 0) is 4.74 Å². The summed E-state index contributed by atoms with van der Waals surface area (Å²) in [5.74, 6) is 1.01. The number of hydrogen-bond donors (Lipinski definition) is 0. The van der Waals surface area contributed by atoms with Crippen LogP contribution >= 0.6 is 0 Å². The zero-order chi connectivity index (χ0) is 18.7. The number of likely N-dealkylation sites (tertiary alicyclic amines) is 1. The van der Waals surface area contributed by atoms with Crippen molar-refractivity contribution in [2.45, 2.75) is 31.8 Å². The molecule has 2 saturated heterocycles. The van der Waals surface area contributed by atoms with Gasteiger partial charge in [0.1, 0.15) is 11.3 Å². The number of ether oxygens (including phenoxy) is 2. The van der Waals surface area contributed by atoms with Crippen molar-refractivity contribution in [1.29, 1.82) is 0 Å². The normalized spacial score (nSPS) is 20.9. The molecule has 8 nitrogen and oxygen atoms in total. The molecule has 4 heterocycles. The van der Waals surface area contributed by atoms with Crippen LogP contribution in [0.3, 0.4) is 0 Å². The van der Waals surface area contributed by atoms with Crippen molar-refractivity contribution in [3.8, 4) is 5.88 Å². The summed E-state index contributed by atoms with van der Waals surface area (Å²) in [4.78, 5) is 30.7. The molecule has 2 aromatic heterocycles. The van der Waals surface area contributed by atoms with E-state index in [4.69, 9.17) is 9.47 Å². The zero-order valence-electron chi connectivity index (χ0n) is 15.4. The van der Waals surface area contributed by atoms with Crippen LogP contribution in [0.1, 0.15) is 35.4 Å². The summed E-state index contributed by atoms with van der Waals surface area (Å²) >= 11 is 0. The highest BCUT2D eigenvalue weighted by Gasteiger charge is 2.49. The van der Waals surface area contributed by atoms with Gasteiger partial charge in [0.2, 0.25) is 5.88 Å². The zero-order valence-corrected chi connectivity index (χ0v) is 15.4. The number of hydrogen-bond acceptors (Lipinski definition) is 7. The van der Waals surface area contributed by atoms with Crippen LogP contribution < -0.4 is 4.74 Å². The Hall–Kier alpha value is -2.61. The van der Waals surface area contributed by atoms with Crippen LogP contribution in [0.2, 0.25) is 0 Å². The molecule has 142 valence electrons. The Bertz CT molecular complexity index is 795. The van der Waals surface area contributed by atoms with Gasteiger partial charge in [-0.1, -0.05) is 0 Å². The first kappa shape index (κ1) is 17.8. The average Bonchev–Trinajstić information content (AvgIpc) is 2.66. The maximum absolute atomic E-state index is 12.4. The lowest BCUT2D eigenvalue weighted by atomic mass is 9.79. The van der Waals surface area contributed by atoms with E-state index in [0.717, 1.165) is 31.6 Å². The van der Waals surface area contributed by atoms with Gasteiger partial charge in [0.15, 0.2) is 0 Å². The minimum Gasteiger partial charge on any atom is -0.477 e. The molecule has 0 radical (unpaired) electrons. The van der Waals surface area contributed by atoms with E-state index in [-0.39, 0.29) is 11.5 Å². The maximum atomic E-state index is 12.4. The van der Waals surface area contributed by atoms with E-state index >= 15 is 0 Å². The molecule has 0 aliphatic carbocycles. The van der Waals surface area contributed by atoms with Crippen molar-refractivity contribution in [3.05, 3.63) is 42.4 Å². The minimum absolute atomic E-state index is 0.0826. The Kier molecular flexibility index (Phi) is 4.98. The summed E-state index contributed by atoms with van der Waals surface area (Å²) in [5.41, 5.74) is 1.01. The van der Waals surface area contributed by atoms with Gasteiger partial charge in [-0.25, -0.2) is 9.97 Å². The van der Waals surface area contributed by atoms with E-state index in [0.29, 0.717) is 37.2 Å². The van der Waals surface area contributed by atoms with E-state index in [1.54, 1.807) is 23.5 Å². The summed E-state index contributed by atoms with van der Waals surface area (Å²) < 4.78 is 11.8. The first-order valence-electron chi connectivity index (χ1n) is 9.24. The Morgan fingerprint density at radius 1 is 1.30 bits per heavy atom. The molecule has 1 atom stereocenters. The van der Waals surface area contributed by atoms with Crippen molar-refractivity contribution in [2.24, 2.45) is 5.92 Å². The lowest BCUT2D eigenvalue weighted by Crippen LogP contribution is -2.66. The summed E-state index contributed by atoms with van der Waals surface area (Å²) in [6.07, 6.45) is 10.9. The van der Waals surface area contributed by atoms with E-state index < -0.39 is 0 Å². The third-order valence-corrected chi connectivity index (χ3v) is 5.13. The number of nitrogens with zero attached hydrogens (tertiary/aromatic N) is 5. The van der Waals surface area contributed by atoms with Crippen LogP contribution in [0, 0.1) is 12.8 Å². The maximum Gasteiger partial charge on any atom is 0.274 e. The van der Waals surface area contributed by atoms with Gasteiger partial charge in [0, 0.05) is 25.2 Å². The molecule has 0 aromatic carbocycles. The molecular formula is C19H23N5O3. The molecule has 27 heavy (non-hydrogen) atoms. The molecule has 0 saturated carbocycles. The highest BCUT2D eigenvalue weighted by molar-refractivity contribution is 5.92. The Morgan fingerprint density at radius 3 is 2.96 bits per heavy atom. The smallest absolute Gasteiger partial charge is 0.274 e. The first-order chi connectivity index (χ1) is 13.1. The first-order valence-corrected chi connectivity index (χ1v) is 9.24. The van der Waals surface area contributed by atoms with Crippen LogP contribution in [0.5, 0.6) is 5.88 Å². The molecule has 0 bridgehead atoms. The summed E-state index contributed by atoms with van der Waals surface area (Å²) in [5, 5.41) is 0. The fraction of sp³-hybridized carbons (Fsp3) is 0.526. The molecule has 2 aliphatic heterocycles. The molecule has 8 heteroatoms. The molecule has 2 fully saturated rings.